The van der Waals surface area contributed by atoms with Crippen LogP contribution in [0.3, 0.4) is 0 Å². The van der Waals surface area contributed by atoms with Crippen molar-refractivity contribution in [3.8, 4) is 11.1 Å². The topological polar surface area (TPSA) is 29.1 Å². The molecule has 0 unspecified atom stereocenters. The molecular weight excluding hydrogens is 270 g/mol. The SMILES string of the molecule is Cc1ccccc1-c1ccccc1Nc1ccc(C=O)cc1. The van der Waals surface area contributed by atoms with Gasteiger partial charge in [0, 0.05) is 22.5 Å². The Kier molecular flexibility index (Phi) is 4.01. The van der Waals surface area contributed by atoms with E-state index in [1.54, 1.807) is 0 Å². The molecule has 0 saturated carbocycles. The maximum atomic E-state index is 10.7. The second-order valence-corrected chi connectivity index (χ2v) is 5.23. The highest BCUT2D eigenvalue weighted by Gasteiger charge is 2.07. The zero-order valence-electron chi connectivity index (χ0n) is 12.4. The predicted octanol–water partition coefficient (Wildman–Crippen LogP) is 5.22. The maximum Gasteiger partial charge on any atom is 0.150 e. The highest BCUT2D eigenvalue weighted by atomic mass is 16.1. The summed E-state index contributed by atoms with van der Waals surface area (Å²) in [6.45, 7) is 2.12. The fourth-order valence-corrected chi connectivity index (χ4v) is 2.50. The molecule has 0 amide bonds. The Morgan fingerprint density at radius 2 is 1.41 bits per heavy atom. The number of aryl methyl sites for hydroxylation is 1. The third-order valence-electron chi connectivity index (χ3n) is 3.69. The van der Waals surface area contributed by atoms with E-state index in [1.807, 2.05) is 42.5 Å². The van der Waals surface area contributed by atoms with Gasteiger partial charge in [-0.05, 0) is 48.4 Å². The lowest BCUT2D eigenvalue weighted by molar-refractivity contribution is 0.112. The highest BCUT2D eigenvalue weighted by molar-refractivity contribution is 5.83. The molecule has 0 radical (unpaired) electrons. The number of rotatable bonds is 4. The number of benzene rings is 3. The summed E-state index contributed by atoms with van der Waals surface area (Å²) in [5.41, 5.74) is 6.32. The summed E-state index contributed by atoms with van der Waals surface area (Å²) in [6.07, 6.45) is 0.852. The second-order valence-electron chi connectivity index (χ2n) is 5.23. The fourth-order valence-electron chi connectivity index (χ4n) is 2.50. The van der Waals surface area contributed by atoms with E-state index < -0.39 is 0 Å². The maximum absolute atomic E-state index is 10.7. The van der Waals surface area contributed by atoms with Gasteiger partial charge in [-0.15, -0.1) is 0 Å². The number of anilines is 2. The van der Waals surface area contributed by atoms with Gasteiger partial charge in [-0.1, -0.05) is 42.5 Å². The van der Waals surface area contributed by atoms with Crippen LogP contribution < -0.4 is 5.32 Å². The summed E-state index contributed by atoms with van der Waals surface area (Å²) in [5, 5.41) is 3.43. The number of nitrogens with one attached hydrogen (secondary N) is 1. The molecule has 3 aromatic rings. The molecule has 0 spiro atoms. The van der Waals surface area contributed by atoms with Gasteiger partial charge in [-0.2, -0.15) is 0 Å². The van der Waals surface area contributed by atoms with E-state index in [9.17, 15) is 4.79 Å². The Hall–Kier alpha value is -2.87. The zero-order chi connectivity index (χ0) is 15.4. The molecule has 3 rings (SSSR count). The van der Waals surface area contributed by atoms with Gasteiger partial charge in [0.2, 0.25) is 0 Å². The number of carbonyl (C=O) groups is 1. The van der Waals surface area contributed by atoms with E-state index in [2.05, 4.69) is 42.6 Å². The molecule has 0 aliphatic heterocycles. The zero-order valence-corrected chi connectivity index (χ0v) is 12.4. The van der Waals surface area contributed by atoms with Gasteiger partial charge < -0.3 is 5.32 Å². The van der Waals surface area contributed by atoms with Crippen LogP contribution in [0.1, 0.15) is 15.9 Å². The van der Waals surface area contributed by atoms with Gasteiger partial charge in [0.05, 0.1) is 0 Å². The molecule has 0 heterocycles. The number of hydrogen-bond donors (Lipinski definition) is 1. The largest absolute Gasteiger partial charge is 0.355 e. The minimum absolute atomic E-state index is 0.678. The Bertz CT molecular complexity index is 791. The Morgan fingerprint density at radius 1 is 0.773 bits per heavy atom. The standard InChI is InChI=1S/C20H17NO/c1-15-6-2-3-7-18(15)19-8-4-5-9-20(19)21-17-12-10-16(14-22)11-13-17/h2-14,21H,1H3. The van der Waals surface area contributed by atoms with Crippen LogP contribution in [0.15, 0.2) is 72.8 Å². The van der Waals surface area contributed by atoms with Gasteiger partial charge in [0.1, 0.15) is 6.29 Å². The van der Waals surface area contributed by atoms with Crippen molar-refractivity contribution in [1.82, 2.24) is 0 Å². The van der Waals surface area contributed by atoms with Gasteiger partial charge in [-0.3, -0.25) is 4.79 Å². The molecule has 0 fully saturated rings. The summed E-state index contributed by atoms with van der Waals surface area (Å²) in [7, 11) is 0. The van der Waals surface area contributed by atoms with Crippen LogP contribution >= 0.6 is 0 Å². The highest BCUT2D eigenvalue weighted by Crippen LogP contribution is 2.32. The van der Waals surface area contributed by atoms with Gasteiger partial charge in [-0.25, -0.2) is 0 Å². The molecule has 1 N–H and O–H groups in total. The lowest BCUT2D eigenvalue weighted by Gasteiger charge is -2.14. The van der Waals surface area contributed by atoms with Gasteiger partial charge in [0.25, 0.3) is 0 Å². The minimum atomic E-state index is 0.678. The first-order chi connectivity index (χ1) is 10.8. The fraction of sp³-hybridized carbons (Fsp3) is 0.0500. The summed E-state index contributed by atoms with van der Waals surface area (Å²) in [5.74, 6) is 0. The van der Waals surface area contributed by atoms with E-state index >= 15 is 0 Å². The molecule has 22 heavy (non-hydrogen) atoms. The average Bonchev–Trinajstić information content (AvgIpc) is 2.57. The third-order valence-corrected chi connectivity index (χ3v) is 3.69. The molecular formula is C20H17NO. The van der Waals surface area contributed by atoms with Crippen LogP contribution in [-0.2, 0) is 0 Å². The summed E-state index contributed by atoms with van der Waals surface area (Å²) in [4.78, 5) is 10.7. The van der Waals surface area contributed by atoms with Crippen LogP contribution in [-0.4, -0.2) is 6.29 Å². The van der Waals surface area contributed by atoms with Crippen LogP contribution in [0.4, 0.5) is 11.4 Å². The molecule has 0 bridgehead atoms. The van der Waals surface area contributed by atoms with Crippen molar-refractivity contribution < 1.29 is 4.79 Å². The summed E-state index contributed by atoms with van der Waals surface area (Å²) < 4.78 is 0. The van der Waals surface area contributed by atoms with Crippen molar-refractivity contribution in [2.75, 3.05) is 5.32 Å². The van der Waals surface area contributed by atoms with Crippen molar-refractivity contribution in [3.05, 3.63) is 83.9 Å². The summed E-state index contributed by atoms with van der Waals surface area (Å²) in [6, 6.07) is 24.0. The number of aldehydes is 1. The van der Waals surface area contributed by atoms with Crippen molar-refractivity contribution in [3.63, 3.8) is 0 Å². The van der Waals surface area contributed by atoms with E-state index in [0.29, 0.717) is 5.56 Å². The average molecular weight is 287 g/mol. The first kappa shape index (κ1) is 14.1. The lowest BCUT2D eigenvalue weighted by atomic mass is 9.99. The molecule has 0 aliphatic carbocycles. The molecule has 108 valence electrons. The lowest BCUT2D eigenvalue weighted by Crippen LogP contribution is -1.94. The molecule has 0 saturated heterocycles. The van der Waals surface area contributed by atoms with Gasteiger partial charge >= 0.3 is 0 Å². The minimum Gasteiger partial charge on any atom is -0.355 e. The van der Waals surface area contributed by atoms with Crippen LogP contribution in [0.25, 0.3) is 11.1 Å². The van der Waals surface area contributed by atoms with Gasteiger partial charge in [0.15, 0.2) is 0 Å². The molecule has 2 nitrogen and oxygen atoms in total. The Labute approximate surface area is 130 Å². The van der Waals surface area contributed by atoms with Crippen molar-refractivity contribution >= 4 is 17.7 Å². The van der Waals surface area contributed by atoms with Crippen LogP contribution in [0.2, 0.25) is 0 Å². The Morgan fingerprint density at radius 3 is 2.09 bits per heavy atom. The second kappa shape index (κ2) is 6.27. The normalized spacial score (nSPS) is 10.2. The smallest absolute Gasteiger partial charge is 0.150 e. The van der Waals surface area contributed by atoms with E-state index in [0.717, 1.165) is 17.7 Å². The quantitative estimate of drug-likeness (QED) is 0.667. The van der Waals surface area contributed by atoms with Crippen molar-refractivity contribution in [2.45, 2.75) is 6.92 Å². The van der Waals surface area contributed by atoms with Crippen LogP contribution in [0.5, 0.6) is 0 Å². The number of carbonyl (C=O) groups excluding carboxylic acids is 1. The third kappa shape index (κ3) is 2.91. The van der Waals surface area contributed by atoms with E-state index in [4.69, 9.17) is 0 Å². The van der Waals surface area contributed by atoms with Crippen LogP contribution in [0, 0.1) is 6.92 Å². The molecule has 0 aliphatic rings. The van der Waals surface area contributed by atoms with Crippen molar-refractivity contribution in [1.29, 1.82) is 0 Å². The molecule has 2 heteroatoms. The first-order valence-corrected chi connectivity index (χ1v) is 7.25. The molecule has 3 aromatic carbocycles. The monoisotopic (exact) mass is 287 g/mol. The predicted molar refractivity (Wildman–Crippen MR) is 91.7 cm³/mol. The molecule has 0 atom stereocenters. The number of para-hydroxylation sites is 1. The van der Waals surface area contributed by atoms with E-state index in [1.165, 1.54) is 16.7 Å². The summed E-state index contributed by atoms with van der Waals surface area (Å²) >= 11 is 0. The van der Waals surface area contributed by atoms with Crippen molar-refractivity contribution in [2.24, 2.45) is 0 Å². The first-order valence-electron chi connectivity index (χ1n) is 7.25. The molecule has 0 aromatic heterocycles. The Balaban J connectivity index is 1.97. The van der Waals surface area contributed by atoms with E-state index in [-0.39, 0.29) is 0 Å². The number of hydrogen-bond acceptors (Lipinski definition) is 2.